The van der Waals surface area contributed by atoms with Gasteiger partial charge in [0.05, 0.1) is 0 Å². The van der Waals surface area contributed by atoms with Crippen molar-refractivity contribution < 1.29 is 14.7 Å². The SMILES string of the molecule is CCC(=CCN1C(=O)CCc2ccccc21)C(=O)O. The van der Waals surface area contributed by atoms with Crippen LogP contribution in [0, 0.1) is 0 Å². The number of rotatable bonds is 4. The van der Waals surface area contributed by atoms with E-state index in [0.29, 0.717) is 25.0 Å². The van der Waals surface area contributed by atoms with Gasteiger partial charge in [0.25, 0.3) is 0 Å². The average molecular weight is 259 g/mol. The third kappa shape index (κ3) is 2.84. The summed E-state index contributed by atoms with van der Waals surface area (Å²) in [7, 11) is 0. The van der Waals surface area contributed by atoms with Crippen molar-refractivity contribution in [2.75, 3.05) is 11.4 Å². The summed E-state index contributed by atoms with van der Waals surface area (Å²) in [5.74, 6) is -0.865. The minimum atomic E-state index is -0.916. The number of carboxylic acid groups (broad SMARTS) is 1. The van der Waals surface area contributed by atoms with Gasteiger partial charge in [0.15, 0.2) is 0 Å². The van der Waals surface area contributed by atoms with Gasteiger partial charge in [-0.05, 0) is 24.5 Å². The monoisotopic (exact) mass is 259 g/mol. The number of aliphatic carboxylic acids is 1. The van der Waals surface area contributed by atoms with Gasteiger partial charge in [0.2, 0.25) is 5.91 Å². The van der Waals surface area contributed by atoms with Crippen molar-refractivity contribution in [2.24, 2.45) is 0 Å². The Morgan fingerprint density at radius 3 is 2.79 bits per heavy atom. The minimum absolute atomic E-state index is 0.0517. The number of carboxylic acids is 1. The van der Waals surface area contributed by atoms with E-state index in [1.807, 2.05) is 24.3 Å². The molecule has 100 valence electrons. The molecule has 2 rings (SSSR count). The number of nitrogens with zero attached hydrogens (tertiary/aromatic N) is 1. The molecule has 1 amide bonds. The van der Waals surface area contributed by atoms with Crippen LogP contribution in [-0.2, 0) is 16.0 Å². The molecular weight excluding hydrogens is 242 g/mol. The second-order valence-corrected chi connectivity index (χ2v) is 4.52. The Bertz CT molecular complexity index is 534. The Hall–Kier alpha value is -2.10. The number of fused-ring (bicyclic) bond motifs is 1. The fourth-order valence-electron chi connectivity index (χ4n) is 2.28. The molecule has 1 heterocycles. The highest BCUT2D eigenvalue weighted by molar-refractivity contribution is 5.97. The highest BCUT2D eigenvalue weighted by Gasteiger charge is 2.22. The third-order valence-electron chi connectivity index (χ3n) is 3.37. The summed E-state index contributed by atoms with van der Waals surface area (Å²) in [6.07, 6.45) is 3.33. The first kappa shape index (κ1) is 13.3. The average Bonchev–Trinajstić information content (AvgIpc) is 2.41. The van der Waals surface area contributed by atoms with Crippen molar-refractivity contribution in [3.8, 4) is 0 Å². The van der Waals surface area contributed by atoms with Crippen molar-refractivity contribution in [1.29, 1.82) is 0 Å². The van der Waals surface area contributed by atoms with E-state index in [-0.39, 0.29) is 5.91 Å². The van der Waals surface area contributed by atoms with Crippen LogP contribution in [0.15, 0.2) is 35.9 Å². The number of anilines is 1. The molecule has 0 radical (unpaired) electrons. The largest absolute Gasteiger partial charge is 0.478 e. The van der Waals surface area contributed by atoms with Crippen molar-refractivity contribution in [1.82, 2.24) is 0 Å². The van der Waals surface area contributed by atoms with E-state index < -0.39 is 5.97 Å². The maximum atomic E-state index is 12.0. The lowest BCUT2D eigenvalue weighted by Crippen LogP contribution is -2.35. The van der Waals surface area contributed by atoms with Crippen molar-refractivity contribution >= 4 is 17.6 Å². The molecule has 0 unspecified atom stereocenters. The standard InChI is InChI=1S/C15H17NO3/c1-2-11(15(18)19)9-10-16-13-6-4-3-5-12(13)7-8-14(16)17/h3-6,9H,2,7-8,10H2,1H3,(H,18,19). The molecular formula is C15H17NO3. The normalized spacial score (nSPS) is 15.3. The molecule has 0 saturated carbocycles. The summed E-state index contributed by atoms with van der Waals surface area (Å²) in [6, 6.07) is 7.77. The Kier molecular flexibility index (Phi) is 4.00. The number of hydrogen-bond donors (Lipinski definition) is 1. The van der Waals surface area contributed by atoms with Crippen LogP contribution in [0.5, 0.6) is 0 Å². The topological polar surface area (TPSA) is 57.6 Å². The summed E-state index contributed by atoms with van der Waals surface area (Å²) < 4.78 is 0. The van der Waals surface area contributed by atoms with Crippen LogP contribution in [0.2, 0.25) is 0 Å². The molecule has 1 N–H and O–H groups in total. The lowest BCUT2D eigenvalue weighted by molar-refractivity contribution is -0.132. The van der Waals surface area contributed by atoms with Crippen molar-refractivity contribution in [2.45, 2.75) is 26.2 Å². The van der Waals surface area contributed by atoms with Gasteiger partial charge in [0, 0.05) is 24.2 Å². The number of aryl methyl sites for hydroxylation is 1. The first-order valence-corrected chi connectivity index (χ1v) is 6.44. The summed E-state index contributed by atoms with van der Waals surface area (Å²) in [5, 5.41) is 8.99. The zero-order valence-corrected chi connectivity index (χ0v) is 10.9. The molecule has 0 bridgehead atoms. The van der Waals surface area contributed by atoms with Crippen LogP contribution in [0.1, 0.15) is 25.3 Å². The van der Waals surface area contributed by atoms with E-state index >= 15 is 0 Å². The highest BCUT2D eigenvalue weighted by atomic mass is 16.4. The van der Waals surface area contributed by atoms with Gasteiger partial charge in [-0.3, -0.25) is 4.79 Å². The van der Waals surface area contributed by atoms with Crippen molar-refractivity contribution in [3.05, 3.63) is 41.5 Å². The maximum absolute atomic E-state index is 12.0. The molecule has 0 aliphatic carbocycles. The smallest absolute Gasteiger partial charge is 0.331 e. The molecule has 19 heavy (non-hydrogen) atoms. The zero-order valence-electron chi connectivity index (χ0n) is 10.9. The van der Waals surface area contributed by atoms with Crippen LogP contribution in [-0.4, -0.2) is 23.5 Å². The Labute approximate surface area is 112 Å². The summed E-state index contributed by atoms with van der Waals surface area (Å²) in [6.45, 7) is 2.12. The van der Waals surface area contributed by atoms with Crippen LogP contribution in [0.25, 0.3) is 0 Å². The lowest BCUT2D eigenvalue weighted by atomic mass is 10.0. The fourth-order valence-corrected chi connectivity index (χ4v) is 2.28. The molecule has 1 aliphatic rings. The maximum Gasteiger partial charge on any atom is 0.331 e. The number of benzene rings is 1. The molecule has 1 aliphatic heterocycles. The Balaban J connectivity index is 2.25. The molecule has 1 aromatic rings. The van der Waals surface area contributed by atoms with Gasteiger partial charge in [-0.2, -0.15) is 0 Å². The zero-order chi connectivity index (χ0) is 13.8. The molecule has 4 nitrogen and oxygen atoms in total. The molecule has 4 heteroatoms. The van der Waals surface area contributed by atoms with E-state index in [1.54, 1.807) is 17.9 Å². The molecule has 0 saturated heterocycles. The van der Waals surface area contributed by atoms with Crippen LogP contribution < -0.4 is 4.90 Å². The summed E-state index contributed by atoms with van der Waals surface area (Å²) >= 11 is 0. The minimum Gasteiger partial charge on any atom is -0.478 e. The van der Waals surface area contributed by atoms with E-state index in [1.165, 1.54) is 0 Å². The predicted octanol–water partition coefficient (Wildman–Crippen LogP) is 2.39. The lowest BCUT2D eigenvalue weighted by Gasteiger charge is -2.28. The molecule has 0 spiro atoms. The molecule has 0 fully saturated rings. The number of para-hydroxylation sites is 1. The van der Waals surface area contributed by atoms with Gasteiger partial charge < -0.3 is 10.0 Å². The van der Waals surface area contributed by atoms with Gasteiger partial charge in [-0.15, -0.1) is 0 Å². The second-order valence-electron chi connectivity index (χ2n) is 4.52. The van der Waals surface area contributed by atoms with Crippen molar-refractivity contribution in [3.63, 3.8) is 0 Å². The third-order valence-corrected chi connectivity index (χ3v) is 3.37. The number of carbonyl (C=O) groups is 2. The number of carbonyl (C=O) groups excluding carboxylic acids is 1. The molecule has 1 aromatic carbocycles. The van der Waals surface area contributed by atoms with Gasteiger partial charge >= 0.3 is 5.97 Å². The fraction of sp³-hybridized carbons (Fsp3) is 0.333. The highest BCUT2D eigenvalue weighted by Crippen LogP contribution is 2.27. The first-order chi connectivity index (χ1) is 9.13. The predicted molar refractivity (Wildman–Crippen MR) is 73.1 cm³/mol. The second kappa shape index (κ2) is 5.69. The Morgan fingerprint density at radius 2 is 2.11 bits per heavy atom. The first-order valence-electron chi connectivity index (χ1n) is 6.44. The summed E-state index contributed by atoms with van der Waals surface area (Å²) in [5.41, 5.74) is 2.38. The van der Waals surface area contributed by atoms with E-state index in [2.05, 4.69) is 0 Å². The van der Waals surface area contributed by atoms with Gasteiger partial charge in [0.1, 0.15) is 0 Å². The molecule has 0 atom stereocenters. The quantitative estimate of drug-likeness (QED) is 0.845. The van der Waals surface area contributed by atoms with Gasteiger partial charge in [-0.25, -0.2) is 4.79 Å². The van der Waals surface area contributed by atoms with E-state index in [0.717, 1.165) is 17.7 Å². The van der Waals surface area contributed by atoms with Gasteiger partial charge in [-0.1, -0.05) is 31.2 Å². The van der Waals surface area contributed by atoms with E-state index in [9.17, 15) is 9.59 Å². The molecule has 0 aromatic heterocycles. The van der Waals surface area contributed by atoms with Crippen LogP contribution in [0.3, 0.4) is 0 Å². The van der Waals surface area contributed by atoms with E-state index in [4.69, 9.17) is 5.11 Å². The number of hydrogen-bond acceptors (Lipinski definition) is 2. The van der Waals surface area contributed by atoms with Crippen LogP contribution in [0.4, 0.5) is 5.69 Å². The Morgan fingerprint density at radius 1 is 1.37 bits per heavy atom. The summed E-state index contributed by atoms with van der Waals surface area (Å²) in [4.78, 5) is 24.6. The number of amides is 1. The van der Waals surface area contributed by atoms with Crippen LogP contribution >= 0.6 is 0 Å².